The molecule has 2 aliphatic rings. The molecular weight excluding hydrogens is 210 g/mol. The van der Waals surface area contributed by atoms with Crippen molar-refractivity contribution in [1.29, 1.82) is 0 Å². The molecule has 1 saturated carbocycles. The van der Waals surface area contributed by atoms with E-state index in [4.69, 9.17) is 5.73 Å². The molecule has 1 saturated heterocycles. The smallest absolute Gasteiger partial charge is 0.0572 e. The van der Waals surface area contributed by atoms with Crippen LogP contribution in [0.2, 0.25) is 0 Å². The Morgan fingerprint density at radius 1 is 1.47 bits per heavy atom. The minimum Gasteiger partial charge on any atom is -0.367 e. The zero-order valence-electron chi connectivity index (χ0n) is 10.5. The molecule has 2 heterocycles. The first-order valence-electron chi connectivity index (χ1n) is 6.76. The summed E-state index contributed by atoms with van der Waals surface area (Å²) in [5, 5.41) is 0. The van der Waals surface area contributed by atoms with Gasteiger partial charge in [-0.05, 0) is 43.7 Å². The lowest BCUT2D eigenvalue weighted by atomic mass is 10.1. The number of piperidine rings is 1. The van der Waals surface area contributed by atoms with Crippen LogP contribution in [0.1, 0.15) is 44.3 Å². The van der Waals surface area contributed by atoms with Crippen molar-refractivity contribution in [3.05, 3.63) is 24.0 Å². The molecule has 2 unspecified atom stereocenters. The highest BCUT2D eigenvalue weighted by Crippen LogP contribution is 2.39. The molecule has 0 radical (unpaired) electrons. The first kappa shape index (κ1) is 11.0. The molecular formula is C14H21N3. The Morgan fingerprint density at radius 3 is 2.88 bits per heavy atom. The molecule has 0 amide bonds. The van der Waals surface area contributed by atoms with Crippen LogP contribution in [0, 0.1) is 5.92 Å². The molecule has 1 aromatic rings. The van der Waals surface area contributed by atoms with E-state index in [0.29, 0.717) is 0 Å². The van der Waals surface area contributed by atoms with Gasteiger partial charge in [-0.2, -0.15) is 0 Å². The Balaban J connectivity index is 1.76. The van der Waals surface area contributed by atoms with Gasteiger partial charge in [-0.3, -0.25) is 4.98 Å². The van der Waals surface area contributed by atoms with Gasteiger partial charge in [-0.1, -0.05) is 6.92 Å². The van der Waals surface area contributed by atoms with Crippen LogP contribution >= 0.6 is 0 Å². The van der Waals surface area contributed by atoms with Crippen molar-refractivity contribution in [1.82, 2.24) is 4.98 Å². The summed E-state index contributed by atoms with van der Waals surface area (Å²) in [5.41, 5.74) is 8.28. The van der Waals surface area contributed by atoms with E-state index in [9.17, 15) is 0 Å². The quantitative estimate of drug-likeness (QED) is 0.869. The van der Waals surface area contributed by atoms with E-state index < -0.39 is 0 Å². The van der Waals surface area contributed by atoms with Gasteiger partial charge in [0.15, 0.2) is 0 Å². The van der Waals surface area contributed by atoms with Gasteiger partial charge in [0.25, 0.3) is 0 Å². The Kier molecular flexibility index (Phi) is 2.79. The molecule has 2 bridgehead atoms. The van der Waals surface area contributed by atoms with Gasteiger partial charge in [-0.25, -0.2) is 0 Å². The fourth-order valence-electron chi connectivity index (χ4n) is 3.24. The number of fused-ring (bicyclic) bond motifs is 2. The number of anilines is 1. The minimum absolute atomic E-state index is 0.0825. The molecule has 0 aromatic carbocycles. The van der Waals surface area contributed by atoms with Crippen molar-refractivity contribution >= 4 is 5.69 Å². The molecule has 17 heavy (non-hydrogen) atoms. The maximum absolute atomic E-state index is 5.98. The normalized spacial score (nSPS) is 28.7. The fraction of sp³-hybridized carbons (Fsp3) is 0.643. The first-order chi connectivity index (χ1) is 8.28. The van der Waals surface area contributed by atoms with Crippen LogP contribution in [0.3, 0.4) is 0 Å². The lowest BCUT2D eigenvalue weighted by molar-refractivity contribution is 0.553. The Bertz CT molecular complexity index is 387. The number of hydrogen-bond acceptors (Lipinski definition) is 3. The van der Waals surface area contributed by atoms with E-state index in [1.165, 1.54) is 31.5 Å². The van der Waals surface area contributed by atoms with Crippen LogP contribution in [-0.2, 0) is 0 Å². The van der Waals surface area contributed by atoms with E-state index >= 15 is 0 Å². The predicted octanol–water partition coefficient (Wildman–Crippen LogP) is 2.48. The number of aromatic nitrogens is 1. The molecule has 3 rings (SSSR count). The van der Waals surface area contributed by atoms with Gasteiger partial charge in [-0.15, -0.1) is 0 Å². The fourth-order valence-corrected chi connectivity index (χ4v) is 3.24. The number of nitrogens with zero attached hydrogens (tertiary/aromatic N) is 2. The second kappa shape index (κ2) is 4.30. The third-order valence-electron chi connectivity index (χ3n) is 4.33. The van der Waals surface area contributed by atoms with Crippen LogP contribution < -0.4 is 10.6 Å². The van der Waals surface area contributed by atoms with Gasteiger partial charge < -0.3 is 10.6 Å². The SMILES string of the molecule is CC[C@@H](N)c1ccc(N2CC3CCC2C3)cn1. The first-order valence-corrected chi connectivity index (χ1v) is 6.76. The monoisotopic (exact) mass is 231 g/mol. The average Bonchev–Trinajstić information content (AvgIpc) is 3.00. The third kappa shape index (κ3) is 1.93. The summed E-state index contributed by atoms with van der Waals surface area (Å²) in [5.74, 6) is 0.928. The largest absolute Gasteiger partial charge is 0.367 e. The van der Waals surface area contributed by atoms with Crippen LogP contribution in [0.25, 0.3) is 0 Å². The third-order valence-corrected chi connectivity index (χ3v) is 4.33. The maximum atomic E-state index is 5.98. The minimum atomic E-state index is 0.0825. The summed E-state index contributed by atoms with van der Waals surface area (Å²) in [6.45, 7) is 3.32. The van der Waals surface area contributed by atoms with Crippen molar-refractivity contribution in [3.8, 4) is 0 Å². The zero-order chi connectivity index (χ0) is 11.8. The molecule has 0 spiro atoms. The predicted molar refractivity (Wildman–Crippen MR) is 69.9 cm³/mol. The highest BCUT2D eigenvalue weighted by atomic mass is 15.2. The van der Waals surface area contributed by atoms with Crippen molar-refractivity contribution in [2.75, 3.05) is 11.4 Å². The second-order valence-electron chi connectivity index (χ2n) is 5.44. The van der Waals surface area contributed by atoms with Crippen molar-refractivity contribution < 1.29 is 0 Å². The van der Waals surface area contributed by atoms with E-state index in [-0.39, 0.29) is 6.04 Å². The number of nitrogens with two attached hydrogens (primary N) is 1. The summed E-state index contributed by atoms with van der Waals surface area (Å²) in [7, 11) is 0. The lowest BCUT2D eigenvalue weighted by Crippen LogP contribution is -2.31. The topological polar surface area (TPSA) is 42.1 Å². The summed E-state index contributed by atoms with van der Waals surface area (Å²) >= 11 is 0. The molecule has 3 heteroatoms. The van der Waals surface area contributed by atoms with Gasteiger partial charge in [0.05, 0.1) is 17.6 Å². The second-order valence-corrected chi connectivity index (χ2v) is 5.44. The molecule has 2 fully saturated rings. The zero-order valence-corrected chi connectivity index (χ0v) is 10.5. The molecule has 1 aromatic heterocycles. The molecule has 3 nitrogen and oxygen atoms in total. The average molecular weight is 231 g/mol. The standard InChI is InChI=1S/C14H21N3/c1-2-13(15)14-6-5-12(8-16-14)17-9-10-3-4-11(17)7-10/h5-6,8,10-11,13H,2-4,7,9,15H2,1H3/t10?,11?,13-/m1/s1. The van der Waals surface area contributed by atoms with Crippen LogP contribution in [0.4, 0.5) is 5.69 Å². The van der Waals surface area contributed by atoms with Crippen LogP contribution in [0.15, 0.2) is 18.3 Å². The van der Waals surface area contributed by atoms with Crippen molar-refractivity contribution in [2.45, 2.75) is 44.7 Å². The van der Waals surface area contributed by atoms with E-state index in [0.717, 1.165) is 24.1 Å². The van der Waals surface area contributed by atoms with Crippen molar-refractivity contribution in [3.63, 3.8) is 0 Å². The summed E-state index contributed by atoms with van der Waals surface area (Å²) < 4.78 is 0. The summed E-state index contributed by atoms with van der Waals surface area (Å²) in [6.07, 6.45) is 7.12. The van der Waals surface area contributed by atoms with Gasteiger partial charge >= 0.3 is 0 Å². The Morgan fingerprint density at radius 2 is 2.35 bits per heavy atom. The van der Waals surface area contributed by atoms with E-state index in [1.807, 2.05) is 6.20 Å². The number of hydrogen-bond donors (Lipinski definition) is 1. The highest BCUT2D eigenvalue weighted by Gasteiger charge is 2.37. The molecule has 3 atom stereocenters. The van der Waals surface area contributed by atoms with E-state index in [2.05, 4.69) is 28.9 Å². The van der Waals surface area contributed by atoms with Crippen molar-refractivity contribution in [2.24, 2.45) is 11.7 Å². The molecule has 1 aliphatic heterocycles. The van der Waals surface area contributed by atoms with Gasteiger partial charge in [0.1, 0.15) is 0 Å². The molecule has 92 valence electrons. The maximum Gasteiger partial charge on any atom is 0.0572 e. The number of pyridine rings is 1. The number of rotatable bonds is 3. The summed E-state index contributed by atoms with van der Waals surface area (Å²) in [6, 6.07) is 5.14. The van der Waals surface area contributed by atoms with Gasteiger partial charge in [0, 0.05) is 18.6 Å². The molecule has 1 aliphatic carbocycles. The van der Waals surface area contributed by atoms with Crippen LogP contribution in [-0.4, -0.2) is 17.6 Å². The van der Waals surface area contributed by atoms with E-state index in [1.54, 1.807) is 0 Å². The summed E-state index contributed by atoms with van der Waals surface area (Å²) in [4.78, 5) is 7.04. The highest BCUT2D eigenvalue weighted by molar-refractivity contribution is 5.48. The Hall–Kier alpha value is -1.09. The van der Waals surface area contributed by atoms with Gasteiger partial charge in [0.2, 0.25) is 0 Å². The lowest BCUT2D eigenvalue weighted by Gasteiger charge is -2.29. The van der Waals surface area contributed by atoms with Crippen LogP contribution in [0.5, 0.6) is 0 Å². The molecule has 2 N–H and O–H groups in total. The Labute approximate surface area is 103 Å².